The maximum atomic E-state index is 11.9. The van der Waals surface area contributed by atoms with Gasteiger partial charge < -0.3 is 10.4 Å². The Bertz CT molecular complexity index is 554. The zero-order chi connectivity index (χ0) is 15.4. The molecule has 6 heteroatoms. The van der Waals surface area contributed by atoms with Gasteiger partial charge in [0, 0.05) is 11.7 Å². The Morgan fingerprint density at radius 2 is 2.05 bits per heavy atom. The average molecular weight is 308 g/mol. The van der Waals surface area contributed by atoms with Crippen molar-refractivity contribution in [2.24, 2.45) is 0 Å². The number of nitrogens with zero attached hydrogens (tertiary/aromatic N) is 1. The summed E-state index contributed by atoms with van der Waals surface area (Å²) in [5.41, 5.74) is 1.63. The smallest absolute Gasteiger partial charge is 0.338 e. The van der Waals surface area contributed by atoms with Crippen molar-refractivity contribution < 1.29 is 14.7 Å². The van der Waals surface area contributed by atoms with Gasteiger partial charge in [0.05, 0.1) is 11.3 Å². The summed E-state index contributed by atoms with van der Waals surface area (Å²) in [7, 11) is 0. The molecule has 0 saturated heterocycles. The predicted octanol–water partition coefficient (Wildman–Crippen LogP) is 2.55. The highest BCUT2D eigenvalue weighted by Crippen LogP contribution is 2.24. The van der Waals surface area contributed by atoms with Crippen LogP contribution in [0.4, 0.5) is 0 Å². The van der Waals surface area contributed by atoms with Gasteiger partial charge in [0.25, 0.3) is 0 Å². The van der Waals surface area contributed by atoms with E-state index in [0.717, 1.165) is 18.5 Å². The zero-order valence-electron chi connectivity index (χ0n) is 12.3. The zero-order valence-corrected chi connectivity index (χ0v) is 13.1. The number of carbonyl (C=O) groups excluding carboxylic acids is 1. The van der Waals surface area contributed by atoms with Crippen LogP contribution in [0.2, 0.25) is 0 Å². The lowest BCUT2D eigenvalue weighted by Gasteiger charge is -2.12. The molecule has 1 aliphatic rings. The first-order chi connectivity index (χ1) is 9.97. The minimum absolute atomic E-state index is 0.0517. The van der Waals surface area contributed by atoms with Crippen molar-refractivity contribution in [3.05, 3.63) is 22.9 Å². The molecule has 1 aromatic rings. The standard InChI is InChI=1S/C15H20N2O3S/c1-9-7-10(2)16-14(13(9)15(19)20)21-8-12(18)17-11-5-3-4-6-11/h7,11H,3-6,8H2,1-2H3,(H,17,18)(H,19,20). The van der Waals surface area contributed by atoms with Crippen LogP contribution < -0.4 is 5.32 Å². The van der Waals surface area contributed by atoms with Crippen LogP contribution in [0.15, 0.2) is 11.1 Å². The molecule has 1 aromatic heterocycles. The molecule has 0 spiro atoms. The van der Waals surface area contributed by atoms with Gasteiger partial charge in [-0.05, 0) is 38.3 Å². The molecule has 0 bridgehead atoms. The fourth-order valence-electron chi connectivity index (χ4n) is 2.64. The topological polar surface area (TPSA) is 79.3 Å². The SMILES string of the molecule is Cc1cc(C)c(C(=O)O)c(SCC(=O)NC2CCCC2)n1. The van der Waals surface area contributed by atoms with Crippen LogP contribution in [0.25, 0.3) is 0 Å². The molecule has 0 aliphatic heterocycles. The number of amides is 1. The molecule has 114 valence electrons. The summed E-state index contributed by atoms with van der Waals surface area (Å²) in [5.74, 6) is -0.852. The Morgan fingerprint density at radius 3 is 2.67 bits per heavy atom. The molecule has 1 aliphatic carbocycles. The third-order valence-electron chi connectivity index (χ3n) is 3.59. The molecule has 2 rings (SSSR count). The second-order valence-corrected chi connectivity index (χ2v) is 6.37. The van der Waals surface area contributed by atoms with E-state index in [4.69, 9.17) is 0 Å². The van der Waals surface area contributed by atoms with Crippen LogP contribution >= 0.6 is 11.8 Å². The monoisotopic (exact) mass is 308 g/mol. The maximum absolute atomic E-state index is 11.9. The van der Waals surface area contributed by atoms with E-state index in [-0.39, 0.29) is 23.3 Å². The lowest BCUT2D eigenvalue weighted by Crippen LogP contribution is -2.33. The largest absolute Gasteiger partial charge is 0.478 e. The number of aryl methyl sites for hydroxylation is 2. The van der Waals surface area contributed by atoms with Crippen molar-refractivity contribution in [1.82, 2.24) is 10.3 Å². The van der Waals surface area contributed by atoms with Crippen molar-refractivity contribution in [3.8, 4) is 0 Å². The summed E-state index contributed by atoms with van der Waals surface area (Å²) < 4.78 is 0. The van der Waals surface area contributed by atoms with E-state index in [9.17, 15) is 14.7 Å². The Morgan fingerprint density at radius 1 is 1.38 bits per heavy atom. The van der Waals surface area contributed by atoms with Gasteiger partial charge in [0.2, 0.25) is 5.91 Å². The minimum Gasteiger partial charge on any atom is -0.478 e. The molecule has 1 heterocycles. The molecule has 0 unspecified atom stereocenters. The Hall–Kier alpha value is -1.56. The Balaban J connectivity index is 2.01. The number of hydrogen-bond acceptors (Lipinski definition) is 4. The predicted molar refractivity (Wildman–Crippen MR) is 81.8 cm³/mol. The van der Waals surface area contributed by atoms with Gasteiger partial charge in [-0.2, -0.15) is 0 Å². The van der Waals surface area contributed by atoms with E-state index < -0.39 is 5.97 Å². The van der Waals surface area contributed by atoms with Gasteiger partial charge in [0.15, 0.2) is 0 Å². The first-order valence-corrected chi connectivity index (χ1v) is 8.09. The molecule has 0 aromatic carbocycles. The normalized spacial score (nSPS) is 15.1. The van der Waals surface area contributed by atoms with E-state index in [0.29, 0.717) is 10.6 Å². The number of pyridine rings is 1. The Kier molecular flexibility index (Phi) is 5.22. The number of hydrogen-bond donors (Lipinski definition) is 2. The van der Waals surface area contributed by atoms with Crippen LogP contribution in [-0.4, -0.2) is 33.8 Å². The summed E-state index contributed by atoms with van der Waals surface area (Å²) in [4.78, 5) is 27.5. The van der Waals surface area contributed by atoms with Gasteiger partial charge in [-0.15, -0.1) is 0 Å². The van der Waals surface area contributed by atoms with Crippen LogP contribution in [0, 0.1) is 13.8 Å². The highest BCUT2D eigenvalue weighted by molar-refractivity contribution is 8.00. The molecule has 0 atom stereocenters. The van der Waals surface area contributed by atoms with E-state index in [1.165, 1.54) is 24.6 Å². The van der Waals surface area contributed by atoms with Crippen LogP contribution in [0.1, 0.15) is 47.3 Å². The molecule has 2 N–H and O–H groups in total. The molecule has 1 saturated carbocycles. The Labute approximate surface area is 128 Å². The van der Waals surface area contributed by atoms with Crippen molar-refractivity contribution >= 4 is 23.6 Å². The quantitative estimate of drug-likeness (QED) is 0.817. The highest BCUT2D eigenvalue weighted by Gasteiger charge is 2.19. The van der Waals surface area contributed by atoms with E-state index >= 15 is 0 Å². The van der Waals surface area contributed by atoms with E-state index in [1.54, 1.807) is 13.0 Å². The average Bonchev–Trinajstić information content (AvgIpc) is 2.87. The summed E-state index contributed by atoms with van der Waals surface area (Å²) in [5, 5.41) is 12.7. The number of carboxylic acids is 1. The number of aromatic carboxylic acids is 1. The van der Waals surface area contributed by atoms with E-state index in [2.05, 4.69) is 10.3 Å². The van der Waals surface area contributed by atoms with Crippen LogP contribution in [0.5, 0.6) is 0 Å². The number of carboxylic acid groups (broad SMARTS) is 1. The minimum atomic E-state index is -1.00. The molecule has 1 fully saturated rings. The van der Waals surface area contributed by atoms with Crippen molar-refractivity contribution in [2.75, 3.05) is 5.75 Å². The second kappa shape index (κ2) is 6.93. The fraction of sp³-hybridized carbons (Fsp3) is 0.533. The first-order valence-electron chi connectivity index (χ1n) is 7.11. The number of aromatic nitrogens is 1. The maximum Gasteiger partial charge on any atom is 0.338 e. The first kappa shape index (κ1) is 15.8. The fourth-order valence-corrected chi connectivity index (χ4v) is 3.59. The van der Waals surface area contributed by atoms with Crippen LogP contribution in [-0.2, 0) is 4.79 Å². The molecular weight excluding hydrogens is 288 g/mol. The van der Waals surface area contributed by atoms with Crippen molar-refractivity contribution in [1.29, 1.82) is 0 Å². The molecule has 21 heavy (non-hydrogen) atoms. The third kappa shape index (κ3) is 4.20. The lowest BCUT2D eigenvalue weighted by molar-refractivity contribution is -0.119. The summed E-state index contributed by atoms with van der Waals surface area (Å²) in [6.45, 7) is 3.57. The summed E-state index contributed by atoms with van der Waals surface area (Å²) in [6.07, 6.45) is 4.41. The van der Waals surface area contributed by atoms with Gasteiger partial charge >= 0.3 is 5.97 Å². The number of thioether (sulfide) groups is 1. The molecular formula is C15H20N2O3S. The summed E-state index contributed by atoms with van der Waals surface area (Å²) in [6, 6.07) is 2.02. The van der Waals surface area contributed by atoms with E-state index in [1.807, 2.05) is 6.92 Å². The van der Waals surface area contributed by atoms with Crippen molar-refractivity contribution in [3.63, 3.8) is 0 Å². The molecule has 0 radical (unpaired) electrons. The highest BCUT2D eigenvalue weighted by atomic mass is 32.2. The number of rotatable bonds is 5. The second-order valence-electron chi connectivity index (χ2n) is 5.40. The van der Waals surface area contributed by atoms with Crippen LogP contribution in [0.3, 0.4) is 0 Å². The third-order valence-corrected chi connectivity index (χ3v) is 4.56. The summed E-state index contributed by atoms with van der Waals surface area (Å²) >= 11 is 1.19. The lowest BCUT2D eigenvalue weighted by atomic mass is 10.1. The molecule has 1 amide bonds. The van der Waals surface area contributed by atoms with Gasteiger partial charge in [-0.25, -0.2) is 9.78 Å². The van der Waals surface area contributed by atoms with Gasteiger partial charge in [-0.1, -0.05) is 24.6 Å². The van der Waals surface area contributed by atoms with Gasteiger partial charge in [-0.3, -0.25) is 4.79 Å². The van der Waals surface area contributed by atoms with Crippen molar-refractivity contribution in [2.45, 2.75) is 50.6 Å². The number of carbonyl (C=O) groups is 2. The number of nitrogens with one attached hydrogen (secondary N) is 1. The van der Waals surface area contributed by atoms with Gasteiger partial charge in [0.1, 0.15) is 5.03 Å². The molecule has 5 nitrogen and oxygen atoms in total.